The fourth-order valence-corrected chi connectivity index (χ4v) is 3.92. The quantitative estimate of drug-likeness (QED) is 0.361. The first-order chi connectivity index (χ1) is 16.2. The summed E-state index contributed by atoms with van der Waals surface area (Å²) in [7, 11) is -0.602. The Labute approximate surface area is 200 Å². The second kappa shape index (κ2) is 8.46. The molecule has 4 nitrogen and oxygen atoms in total. The average molecular weight is 452 g/mol. The van der Waals surface area contributed by atoms with E-state index in [4.69, 9.17) is 19.3 Å². The molecular formula is C28H26BFN2O2. The third kappa shape index (κ3) is 4.15. The van der Waals surface area contributed by atoms with Gasteiger partial charge in [-0.2, -0.15) is 0 Å². The zero-order valence-electron chi connectivity index (χ0n) is 19.7. The fourth-order valence-electron chi connectivity index (χ4n) is 3.92. The molecule has 0 saturated carbocycles. The summed E-state index contributed by atoms with van der Waals surface area (Å²) in [6, 6.07) is 26.5. The van der Waals surface area contributed by atoms with Crippen molar-refractivity contribution in [2.45, 2.75) is 38.9 Å². The predicted octanol–water partition coefficient (Wildman–Crippen LogP) is 5.92. The van der Waals surface area contributed by atoms with Gasteiger partial charge in [-0.1, -0.05) is 66.7 Å². The molecule has 1 aliphatic heterocycles. The summed E-state index contributed by atoms with van der Waals surface area (Å²) in [5, 5.41) is 0. The second-order valence-electron chi connectivity index (χ2n) is 9.52. The molecule has 2 heterocycles. The van der Waals surface area contributed by atoms with Crippen molar-refractivity contribution >= 4 is 12.6 Å². The third-order valence-corrected chi connectivity index (χ3v) is 6.62. The van der Waals surface area contributed by atoms with Crippen LogP contribution in [0.1, 0.15) is 27.7 Å². The van der Waals surface area contributed by atoms with Gasteiger partial charge in [0.25, 0.3) is 0 Å². The van der Waals surface area contributed by atoms with Gasteiger partial charge in [-0.25, -0.2) is 14.4 Å². The minimum Gasteiger partial charge on any atom is -0.399 e. The van der Waals surface area contributed by atoms with E-state index in [1.807, 2.05) is 94.4 Å². The molecule has 1 fully saturated rings. The first-order valence-corrected chi connectivity index (χ1v) is 11.4. The van der Waals surface area contributed by atoms with Crippen LogP contribution in [0.5, 0.6) is 0 Å². The number of nitrogens with zero attached hydrogens (tertiary/aromatic N) is 2. The number of halogens is 1. The molecule has 0 unspecified atom stereocenters. The van der Waals surface area contributed by atoms with E-state index in [2.05, 4.69) is 0 Å². The van der Waals surface area contributed by atoms with E-state index in [0.717, 1.165) is 28.0 Å². The Morgan fingerprint density at radius 1 is 0.676 bits per heavy atom. The lowest BCUT2D eigenvalue weighted by Gasteiger charge is -2.32. The number of hydrogen-bond donors (Lipinski definition) is 0. The average Bonchev–Trinajstić information content (AvgIpc) is 3.07. The lowest BCUT2D eigenvalue weighted by molar-refractivity contribution is 0.00578. The highest BCUT2D eigenvalue weighted by Gasteiger charge is 2.51. The molecule has 0 atom stereocenters. The molecule has 0 radical (unpaired) electrons. The maximum absolute atomic E-state index is 15.2. The molecular weight excluding hydrogens is 426 g/mol. The molecule has 6 heteroatoms. The van der Waals surface area contributed by atoms with Crippen LogP contribution in [0.25, 0.3) is 33.9 Å². The summed E-state index contributed by atoms with van der Waals surface area (Å²) in [6.07, 6.45) is 0. The lowest BCUT2D eigenvalue weighted by Crippen LogP contribution is -2.41. The van der Waals surface area contributed by atoms with Gasteiger partial charge in [0.05, 0.1) is 28.2 Å². The number of rotatable bonds is 4. The molecule has 170 valence electrons. The first kappa shape index (κ1) is 22.4. The number of aromatic nitrogens is 2. The van der Waals surface area contributed by atoms with E-state index in [1.54, 1.807) is 12.1 Å². The van der Waals surface area contributed by atoms with Gasteiger partial charge in [0.15, 0.2) is 5.82 Å². The van der Waals surface area contributed by atoms with Crippen LogP contribution in [-0.2, 0) is 9.31 Å². The highest BCUT2D eigenvalue weighted by Crippen LogP contribution is 2.37. The van der Waals surface area contributed by atoms with Crippen molar-refractivity contribution in [2.75, 3.05) is 0 Å². The van der Waals surface area contributed by atoms with Gasteiger partial charge >= 0.3 is 7.12 Å². The van der Waals surface area contributed by atoms with Crippen LogP contribution in [0.2, 0.25) is 0 Å². The minimum absolute atomic E-state index is 0.308. The largest absolute Gasteiger partial charge is 0.494 e. The molecule has 1 saturated heterocycles. The normalized spacial score (nSPS) is 16.6. The molecule has 0 N–H and O–H groups in total. The van der Waals surface area contributed by atoms with E-state index >= 15 is 4.39 Å². The highest BCUT2D eigenvalue weighted by molar-refractivity contribution is 6.62. The van der Waals surface area contributed by atoms with Gasteiger partial charge in [-0.15, -0.1) is 0 Å². The van der Waals surface area contributed by atoms with Crippen molar-refractivity contribution < 1.29 is 13.7 Å². The van der Waals surface area contributed by atoms with E-state index in [0.29, 0.717) is 11.4 Å². The summed E-state index contributed by atoms with van der Waals surface area (Å²) >= 11 is 0. The SMILES string of the molecule is CC1(C)OB(c2ccc(F)c(-c3nc(-c4ccccc4)cc(-c4ccccc4)n3)c2)OC1(C)C. The maximum atomic E-state index is 15.2. The van der Waals surface area contributed by atoms with Gasteiger partial charge < -0.3 is 9.31 Å². The summed E-state index contributed by atoms with van der Waals surface area (Å²) < 4.78 is 27.5. The molecule has 0 spiro atoms. The smallest absolute Gasteiger partial charge is 0.399 e. The Balaban J connectivity index is 1.63. The van der Waals surface area contributed by atoms with Crippen LogP contribution in [-0.4, -0.2) is 28.3 Å². The molecule has 5 rings (SSSR count). The molecule has 0 amide bonds. The van der Waals surface area contributed by atoms with Crippen LogP contribution in [0.3, 0.4) is 0 Å². The van der Waals surface area contributed by atoms with Gasteiger partial charge in [0.2, 0.25) is 0 Å². The molecule has 1 aromatic heterocycles. The van der Waals surface area contributed by atoms with E-state index in [9.17, 15) is 0 Å². The van der Waals surface area contributed by atoms with Crippen LogP contribution in [0.15, 0.2) is 84.9 Å². The summed E-state index contributed by atoms with van der Waals surface area (Å²) in [5.41, 5.74) is 3.38. The fraction of sp³-hybridized carbons (Fsp3) is 0.214. The van der Waals surface area contributed by atoms with E-state index < -0.39 is 24.1 Å². The summed E-state index contributed by atoms with van der Waals surface area (Å²) in [5.74, 6) is -0.0828. The number of benzene rings is 3. The molecule has 1 aliphatic rings. The summed E-state index contributed by atoms with van der Waals surface area (Å²) in [4.78, 5) is 9.50. The maximum Gasteiger partial charge on any atom is 0.494 e. The van der Waals surface area contributed by atoms with Crippen molar-refractivity contribution in [3.05, 3.63) is 90.7 Å². The van der Waals surface area contributed by atoms with Crippen molar-refractivity contribution in [3.63, 3.8) is 0 Å². The first-order valence-electron chi connectivity index (χ1n) is 11.4. The van der Waals surface area contributed by atoms with E-state index in [-0.39, 0.29) is 0 Å². The standard InChI is InChI=1S/C28H26BFN2O2/c1-27(2)28(3,4)34-29(33-27)21-15-16-23(30)22(17-21)26-31-24(19-11-7-5-8-12-19)18-25(32-26)20-13-9-6-10-14-20/h5-18H,1-4H3. The zero-order valence-corrected chi connectivity index (χ0v) is 19.7. The van der Waals surface area contributed by atoms with Crippen molar-refractivity contribution in [1.82, 2.24) is 9.97 Å². The Kier molecular flexibility index (Phi) is 5.58. The van der Waals surface area contributed by atoms with Gasteiger partial charge in [-0.3, -0.25) is 0 Å². The van der Waals surface area contributed by atoms with E-state index in [1.165, 1.54) is 6.07 Å². The Morgan fingerprint density at radius 2 is 1.18 bits per heavy atom. The van der Waals surface area contributed by atoms with Crippen molar-refractivity contribution in [1.29, 1.82) is 0 Å². The second-order valence-corrected chi connectivity index (χ2v) is 9.52. The molecule has 34 heavy (non-hydrogen) atoms. The topological polar surface area (TPSA) is 44.2 Å². The predicted molar refractivity (Wildman–Crippen MR) is 134 cm³/mol. The van der Waals surface area contributed by atoms with Crippen LogP contribution >= 0.6 is 0 Å². The van der Waals surface area contributed by atoms with Gasteiger partial charge in [0.1, 0.15) is 5.82 Å². The Bertz CT molecular complexity index is 1250. The van der Waals surface area contributed by atoms with Crippen LogP contribution in [0.4, 0.5) is 4.39 Å². The third-order valence-electron chi connectivity index (χ3n) is 6.62. The summed E-state index contributed by atoms with van der Waals surface area (Å²) in [6.45, 7) is 7.98. The molecule has 0 bridgehead atoms. The molecule has 3 aromatic carbocycles. The zero-order chi connectivity index (χ0) is 23.9. The molecule has 0 aliphatic carbocycles. The van der Waals surface area contributed by atoms with Gasteiger partial charge in [-0.05, 0) is 51.4 Å². The Morgan fingerprint density at radius 3 is 1.68 bits per heavy atom. The van der Waals surface area contributed by atoms with Crippen molar-refractivity contribution in [3.8, 4) is 33.9 Å². The minimum atomic E-state index is -0.602. The van der Waals surface area contributed by atoms with Gasteiger partial charge in [0, 0.05) is 11.1 Å². The lowest BCUT2D eigenvalue weighted by atomic mass is 9.78. The van der Waals surface area contributed by atoms with Crippen molar-refractivity contribution in [2.24, 2.45) is 0 Å². The highest BCUT2D eigenvalue weighted by atomic mass is 19.1. The Hall–Kier alpha value is -3.35. The number of hydrogen-bond acceptors (Lipinski definition) is 4. The monoisotopic (exact) mass is 452 g/mol. The molecule has 4 aromatic rings. The van der Waals surface area contributed by atoms with Crippen LogP contribution < -0.4 is 5.46 Å². The van der Waals surface area contributed by atoms with Crippen LogP contribution in [0, 0.1) is 5.82 Å².